The number of benzene rings is 2. The lowest BCUT2D eigenvalue weighted by molar-refractivity contribution is -0.140. The number of anilines is 1. The van der Waals surface area contributed by atoms with Crippen LogP contribution in [-0.2, 0) is 30.2 Å². The maximum atomic E-state index is 13.5. The zero-order valence-corrected chi connectivity index (χ0v) is 20.2. The number of methoxy groups -OCH3 is 2. The number of hydrogen-bond donors (Lipinski definition) is 1. The predicted molar refractivity (Wildman–Crippen MR) is 131 cm³/mol. The molecule has 2 heterocycles. The first kappa shape index (κ1) is 23.9. The number of rotatable bonds is 6. The molecule has 9 nitrogen and oxygen atoms in total. The Labute approximate surface area is 202 Å². The Morgan fingerprint density at radius 3 is 2.37 bits per heavy atom. The Bertz CT molecular complexity index is 1440. The molecule has 1 aliphatic rings. The molecule has 1 unspecified atom stereocenters. The lowest BCUT2D eigenvalue weighted by atomic mass is 9.81. The summed E-state index contributed by atoms with van der Waals surface area (Å²) in [6.07, 6.45) is 0. The van der Waals surface area contributed by atoms with Crippen LogP contribution in [0.15, 0.2) is 69.4 Å². The molecule has 0 bridgehead atoms. The number of carbonyl (C=O) groups is 1. The van der Waals surface area contributed by atoms with E-state index in [1.54, 1.807) is 32.2 Å². The summed E-state index contributed by atoms with van der Waals surface area (Å²) in [5.74, 6) is -0.164. The highest BCUT2D eigenvalue weighted by atomic mass is 16.5. The second kappa shape index (κ2) is 9.54. The van der Waals surface area contributed by atoms with Crippen LogP contribution in [0.4, 0.5) is 5.82 Å². The van der Waals surface area contributed by atoms with Crippen LogP contribution in [0.1, 0.15) is 29.5 Å². The maximum Gasteiger partial charge on any atom is 0.337 e. The Balaban J connectivity index is 1.94. The third-order valence-electron chi connectivity index (χ3n) is 6.17. The fourth-order valence-corrected chi connectivity index (χ4v) is 4.34. The number of nitrogens with one attached hydrogen (secondary N) is 1. The molecule has 1 aliphatic heterocycles. The van der Waals surface area contributed by atoms with Gasteiger partial charge in [0, 0.05) is 25.4 Å². The van der Waals surface area contributed by atoms with Crippen molar-refractivity contribution in [2.24, 2.45) is 14.1 Å². The number of fused-ring (bicyclic) bond motifs is 1. The first-order valence-electron chi connectivity index (χ1n) is 11.0. The topological polar surface area (TPSA) is 101 Å². The number of hydrogen-bond acceptors (Lipinski definition) is 7. The Morgan fingerprint density at radius 1 is 1.00 bits per heavy atom. The van der Waals surface area contributed by atoms with Crippen LogP contribution in [0.2, 0.25) is 0 Å². The molecular weight excluding hydrogens is 450 g/mol. The molecule has 0 radical (unpaired) electrons. The molecular formula is C26H27N3O6. The molecule has 1 N–H and O–H groups in total. The number of aromatic nitrogens is 2. The van der Waals surface area contributed by atoms with Crippen molar-refractivity contribution in [3.8, 4) is 11.5 Å². The number of ether oxygens (including phenoxy) is 3. The van der Waals surface area contributed by atoms with E-state index < -0.39 is 23.1 Å². The summed E-state index contributed by atoms with van der Waals surface area (Å²) in [7, 11) is 6.01. The highest BCUT2D eigenvalue weighted by Crippen LogP contribution is 2.44. The summed E-state index contributed by atoms with van der Waals surface area (Å²) in [4.78, 5) is 39.6. The van der Waals surface area contributed by atoms with Gasteiger partial charge in [0.15, 0.2) is 0 Å². The Hall–Kier alpha value is -4.27. The fraction of sp³-hybridized carbons (Fsp3) is 0.269. The van der Waals surface area contributed by atoms with E-state index in [4.69, 9.17) is 14.2 Å². The van der Waals surface area contributed by atoms with Crippen molar-refractivity contribution in [1.29, 1.82) is 0 Å². The molecule has 0 aliphatic carbocycles. The van der Waals surface area contributed by atoms with E-state index in [9.17, 15) is 14.4 Å². The lowest BCUT2D eigenvalue weighted by Crippen LogP contribution is -2.43. The van der Waals surface area contributed by atoms with Gasteiger partial charge in [0.25, 0.3) is 5.56 Å². The van der Waals surface area contributed by atoms with Crippen LogP contribution in [0, 0.1) is 0 Å². The lowest BCUT2D eigenvalue weighted by Gasteiger charge is -2.31. The third-order valence-corrected chi connectivity index (χ3v) is 6.17. The predicted octanol–water partition coefficient (Wildman–Crippen LogP) is 2.68. The van der Waals surface area contributed by atoms with Gasteiger partial charge in [-0.15, -0.1) is 0 Å². The van der Waals surface area contributed by atoms with E-state index in [-0.39, 0.29) is 17.7 Å². The summed E-state index contributed by atoms with van der Waals surface area (Å²) in [5, 5.41) is 3.09. The van der Waals surface area contributed by atoms with Gasteiger partial charge in [0.1, 0.15) is 23.9 Å². The monoisotopic (exact) mass is 477 g/mol. The minimum Gasteiger partial charge on any atom is -0.497 e. The molecule has 9 heteroatoms. The Kier molecular flexibility index (Phi) is 6.50. The average molecular weight is 478 g/mol. The van der Waals surface area contributed by atoms with Crippen molar-refractivity contribution in [2.75, 3.05) is 19.5 Å². The molecule has 1 atom stereocenters. The second-order valence-corrected chi connectivity index (χ2v) is 8.23. The van der Waals surface area contributed by atoms with Gasteiger partial charge in [-0.25, -0.2) is 9.59 Å². The molecule has 0 saturated heterocycles. The van der Waals surface area contributed by atoms with Gasteiger partial charge in [-0.2, -0.15) is 0 Å². The summed E-state index contributed by atoms with van der Waals surface area (Å²) in [6.45, 7) is 1.78. The van der Waals surface area contributed by atoms with Crippen LogP contribution in [-0.4, -0.2) is 29.3 Å². The average Bonchev–Trinajstić information content (AvgIpc) is 2.88. The summed E-state index contributed by atoms with van der Waals surface area (Å²) >= 11 is 0. The molecule has 0 spiro atoms. The third kappa shape index (κ3) is 4.21. The van der Waals surface area contributed by atoms with E-state index in [1.165, 1.54) is 25.8 Å². The first-order valence-corrected chi connectivity index (χ1v) is 11.0. The zero-order chi connectivity index (χ0) is 25.3. The number of carbonyl (C=O) groups excluding carboxylic acids is 1. The van der Waals surface area contributed by atoms with E-state index in [2.05, 4.69) is 5.32 Å². The molecule has 0 amide bonds. The minimum atomic E-state index is -0.870. The quantitative estimate of drug-likeness (QED) is 0.545. The normalized spacial score (nSPS) is 14.7. The summed E-state index contributed by atoms with van der Waals surface area (Å²) in [5.41, 5.74) is 1.31. The van der Waals surface area contributed by atoms with Crippen LogP contribution in [0.3, 0.4) is 0 Å². The highest BCUT2D eigenvalue weighted by molar-refractivity contribution is 5.94. The number of allylic oxidation sites excluding steroid dienone is 1. The van der Waals surface area contributed by atoms with Crippen molar-refractivity contribution in [1.82, 2.24) is 9.13 Å². The van der Waals surface area contributed by atoms with E-state index in [1.807, 2.05) is 30.3 Å². The standard InChI is InChI=1S/C26H27N3O6/c1-15-20(25(31)35-14-16-9-7-6-8-10-16)21(18-13-17(33-4)11-12-19(18)34-5)22-23(27-15)28(2)26(32)29(3)24(22)30/h6-13,21,27H,14H2,1-5H3. The molecule has 3 aromatic rings. The van der Waals surface area contributed by atoms with Gasteiger partial charge in [-0.3, -0.25) is 13.9 Å². The van der Waals surface area contributed by atoms with Gasteiger partial charge in [-0.1, -0.05) is 30.3 Å². The molecule has 0 saturated carbocycles. The molecule has 1 aromatic heterocycles. The SMILES string of the molecule is COc1ccc(OC)c(C2C(C(=O)OCc3ccccc3)=C(C)Nc3c2c(=O)n(C)c(=O)n3C)c1. The molecule has 182 valence electrons. The van der Waals surface area contributed by atoms with Gasteiger partial charge in [0.2, 0.25) is 0 Å². The largest absolute Gasteiger partial charge is 0.497 e. The van der Waals surface area contributed by atoms with Gasteiger partial charge in [0.05, 0.1) is 31.3 Å². The van der Waals surface area contributed by atoms with Crippen molar-refractivity contribution in [3.63, 3.8) is 0 Å². The van der Waals surface area contributed by atoms with Crippen molar-refractivity contribution in [2.45, 2.75) is 19.4 Å². The first-order chi connectivity index (χ1) is 16.8. The smallest absolute Gasteiger partial charge is 0.337 e. The van der Waals surface area contributed by atoms with Crippen LogP contribution in [0.25, 0.3) is 0 Å². The number of nitrogens with zero attached hydrogens (tertiary/aromatic N) is 2. The van der Waals surface area contributed by atoms with Gasteiger partial charge < -0.3 is 19.5 Å². The minimum absolute atomic E-state index is 0.0660. The van der Waals surface area contributed by atoms with Crippen LogP contribution >= 0.6 is 0 Å². The van der Waals surface area contributed by atoms with Crippen molar-refractivity contribution in [3.05, 3.63) is 97.3 Å². The number of esters is 1. The Morgan fingerprint density at radius 2 is 1.71 bits per heavy atom. The van der Waals surface area contributed by atoms with Crippen LogP contribution in [0.5, 0.6) is 11.5 Å². The summed E-state index contributed by atoms with van der Waals surface area (Å²) in [6, 6.07) is 14.5. The van der Waals surface area contributed by atoms with Crippen molar-refractivity contribution < 1.29 is 19.0 Å². The van der Waals surface area contributed by atoms with Gasteiger partial charge in [-0.05, 0) is 30.7 Å². The van der Waals surface area contributed by atoms with Crippen molar-refractivity contribution >= 4 is 11.8 Å². The van der Waals surface area contributed by atoms with E-state index in [0.29, 0.717) is 28.6 Å². The maximum absolute atomic E-state index is 13.5. The van der Waals surface area contributed by atoms with Gasteiger partial charge >= 0.3 is 11.7 Å². The highest BCUT2D eigenvalue weighted by Gasteiger charge is 2.39. The van der Waals surface area contributed by atoms with E-state index >= 15 is 0 Å². The summed E-state index contributed by atoms with van der Waals surface area (Å²) < 4.78 is 19.1. The fourth-order valence-electron chi connectivity index (χ4n) is 4.34. The molecule has 4 rings (SSSR count). The molecule has 0 fully saturated rings. The van der Waals surface area contributed by atoms with Crippen LogP contribution < -0.4 is 26.0 Å². The zero-order valence-electron chi connectivity index (χ0n) is 20.2. The molecule has 2 aromatic carbocycles. The van der Waals surface area contributed by atoms with E-state index in [0.717, 1.165) is 10.1 Å². The molecule has 35 heavy (non-hydrogen) atoms. The second-order valence-electron chi connectivity index (χ2n) is 8.23.